The van der Waals surface area contributed by atoms with Crippen molar-refractivity contribution in [1.82, 2.24) is 4.90 Å². The van der Waals surface area contributed by atoms with Gasteiger partial charge in [0.05, 0.1) is 12.7 Å². The molecule has 0 spiro atoms. The number of carbonyl (C=O) groups is 2. The lowest BCUT2D eigenvalue weighted by Gasteiger charge is -2.31. The molecule has 5 heteroatoms. The molecule has 136 valence electrons. The van der Waals surface area contributed by atoms with Crippen LogP contribution in [0.15, 0.2) is 23.8 Å². The Hall–Kier alpha value is -2.30. The number of hydrogen-bond donors (Lipinski definition) is 0. The summed E-state index contributed by atoms with van der Waals surface area (Å²) in [7, 11) is 1.39. The summed E-state index contributed by atoms with van der Waals surface area (Å²) in [5, 5.41) is 0. The molecule has 1 fully saturated rings. The predicted molar refractivity (Wildman–Crippen MR) is 97.5 cm³/mol. The van der Waals surface area contributed by atoms with E-state index in [2.05, 4.69) is 6.08 Å². The Balaban J connectivity index is 2.03. The minimum absolute atomic E-state index is 0.255. The normalized spacial score (nSPS) is 14.9. The number of rotatable bonds is 2. The summed E-state index contributed by atoms with van der Waals surface area (Å²) in [6.45, 7) is 8.80. The molecule has 1 saturated heterocycles. The Labute approximate surface area is 149 Å². The van der Waals surface area contributed by atoms with E-state index < -0.39 is 5.60 Å². The number of piperidine rings is 1. The van der Waals surface area contributed by atoms with Gasteiger partial charge in [-0.3, -0.25) is 0 Å². The number of hydrogen-bond acceptors (Lipinski definition) is 4. The van der Waals surface area contributed by atoms with Gasteiger partial charge >= 0.3 is 12.1 Å². The summed E-state index contributed by atoms with van der Waals surface area (Å²) in [6.07, 6.45) is 3.45. The van der Waals surface area contributed by atoms with E-state index in [4.69, 9.17) is 9.47 Å². The van der Waals surface area contributed by atoms with Gasteiger partial charge in [0.2, 0.25) is 0 Å². The largest absolute Gasteiger partial charge is 0.465 e. The molecule has 1 amide bonds. The monoisotopic (exact) mass is 345 g/mol. The summed E-state index contributed by atoms with van der Waals surface area (Å²) in [5.41, 5.74) is 3.25. The first kappa shape index (κ1) is 19.0. The molecule has 0 aromatic heterocycles. The first-order valence-electron chi connectivity index (χ1n) is 8.56. The van der Waals surface area contributed by atoms with Crippen LogP contribution in [0.2, 0.25) is 0 Å². The SMILES string of the molecule is COC(=O)c1cc(C=C2CCN(C(=O)OC(C)(C)C)CC2)ccc1C. The van der Waals surface area contributed by atoms with Crippen LogP contribution in [0.4, 0.5) is 4.79 Å². The molecule has 25 heavy (non-hydrogen) atoms. The van der Waals surface area contributed by atoms with Crippen molar-refractivity contribution in [3.05, 3.63) is 40.5 Å². The Morgan fingerprint density at radius 2 is 1.80 bits per heavy atom. The van der Waals surface area contributed by atoms with E-state index in [9.17, 15) is 9.59 Å². The van der Waals surface area contributed by atoms with E-state index in [-0.39, 0.29) is 12.1 Å². The fourth-order valence-electron chi connectivity index (χ4n) is 2.74. The molecule has 0 N–H and O–H groups in total. The van der Waals surface area contributed by atoms with Gasteiger partial charge in [-0.15, -0.1) is 0 Å². The van der Waals surface area contributed by atoms with E-state index in [0.29, 0.717) is 18.7 Å². The van der Waals surface area contributed by atoms with Crippen molar-refractivity contribution in [3.63, 3.8) is 0 Å². The molecular weight excluding hydrogens is 318 g/mol. The lowest BCUT2D eigenvalue weighted by Crippen LogP contribution is -2.40. The molecule has 1 aliphatic rings. The standard InChI is InChI=1S/C20H27NO4/c1-14-6-7-16(13-17(14)18(22)24-5)12-15-8-10-21(11-9-15)19(23)25-20(2,3)4/h6-7,12-13H,8-11H2,1-5H3. The van der Waals surface area contributed by atoms with E-state index in [1.54, 1.807) is 4.90 Å². The average molecular weight is 345 g/mol. The van der Waals surface area contributed by atoms with E-state index >= 15 is 0 Å². The second kappa shape index (κ2) is 7.72. The zero-order valence-corrected chi connectivity index (χ0v) is 15.7. The fourth-order valence-corrected chi connectivity index (χ4v) is 2.74. The van der Waals surface area contributed by atoms with Crippen molar-refractivity contribution in [2.75, 3.05) is 20.2 Å². The molecule has 0 atom stereocenters. The van der Waals surface area contributed by atoms with Crippen molar-refractivity contribution < 1.29 is 19.1 Å². The second-order valence-electron chi connectivity index (χ2n) is 7.34. The number of benzene rings is 1. The number of likely N-dealkylation sites (tertiary alicyclic amines) is 1. The van der Waals surface area contributed by atoms with Crippen molar-refractivity contribution in [3.8, 4) is 0 Å². The maximum atomic E-state index is 12.1. The van der Waals surface area contributed by atoms with Crippen molar-refractivity contribution >= 4 is 18.1 Å². The molecular formula is C20H27NO4. The second-order valence-corrected chi connectivity index (χ2v) is 7.34. The lowest BCUT2D eigenvalue weighted by molar-refractivity contribution is 0.0236. The third-order valence-electron chi connectivity index (χ3n) is 4.10. The van der Waals surface area contributed by atoms with Gasteiger partial charge in [-0.05, 0) is 57.7 Å². The van der Waals surface area contributed by atoms with Gasteiger partial charge in [0, 0.05) is 13.1 Å². The number of ether oxygens (including phenoxy) is 2. The topological polar surface area (TPSA) is 55.8 Å². The van der Waals surface area contributed by atoms with E-state index in [0.717, 1.165) is 24.0 Å². The van der Waals surface area contributed by atoms with Crippen LogP contribution < -0.4 is 0 Å². The third-order valence-corrected chi connectivity index (χ3v) is 4.10. The zero-order chi connectivity index (χ0) is 18.6. The van der Waals surface area contributed by atoms with E-state index in [1.807, 2.05) is 45.9 Å². The number of amides is 1. The molecule has 0 unspecified atom stereocenters. The average Bonchev–Trinajstić information content (AvgIpc) is 2.55. The van der Waals surface area contributed by atoms with Crippen molar-refractivity contribution in [2.45, 2.75) is 46.1 Å². The van der Waals surface area contributed by atoms with Crippen LogP contribution in [0.3, 0.4) is 0 Å². The molecule has 0 aliphatic carbocycles. The Kier molecular flexibility index (Phi) is 5.88. The van der Waals surface area contributed by atoms with Crippen LogP contribution in [0.25, 0.3) is 6.08 Å². The van der Waals surface area contributed by atoms with Gasteiger partial charge in [-0.2, -0.15) is 0 Å². The van der Waals surface area contributed by atoms with Crippen LogP contribution in [0, 0.1) is 6.92 Å². The highest BCUT2D eigenvalue weighted by Crippen LogP contribution is 2.22. The highest BCUT2D eigenvalue weighted by molar-refractivity contribution is 5.91. The van der Waals surface area contributed by atoms with Gasteiger partial charge < -0.3 is 14.4 Å². The van der Waals surface area contributed by atoms with Crippen LogP contribution in [0.1, 0.15) is 55.1 Å². The molecule has 1 aliphatic heterocycles. The quantitative estimate of drug-likeness (QED) is 0.754. The molecule has 0 saturated carbocycles. The van der Waals surface area contributed by atoms with Gasteiger partial charge in [0.25, 0.3) is 0 Å². The number of carbonyl (C=O) groups excluding carboxylic acids is 2. The lowest BCUT2D eigenvalue weighted by atomic mass is 9.99. The number of aryl methyl sites for hydroxylation is 1. The first-order chi connectivity index (χ1) is 11.7. The summed E-state index contributed by atoms with van der Waals surface area (Å²) in [6, 6.07) is 5.78. The van der Waals surface area contributed by atoms with Crippen LogP contribution in [-0.4, -0.2) is 42.8 Å². The number of esters is 1. The molecule has 2 rings (SSSR count). The van der Waals surface area contributed by atoms with Crippen LogP contribution in [0.5, 0.6) is 0 Å². The number of nitrogens with zero attached hydrogens (tertiary/aromatic N) is 1. The minimum Gasteiger partial charge on any atom is -0.465 e. The van der Waals surface area contributed by atoms with Gasteiger partial charge in [-0.25, -0.2) is 9.59 Å². The highest BCUT2D eigenvalue weighted by Gasteiger charge is 2.24. The minimum atomic E-state index is -0.473. The molecule has 1 aromatic carbocycles. The smallest absolute Gasteiger partial charge is 0.410 e. The molecule has 1 aromatic rings. The van der Waals surface area contributed by atoms with Crippen LogP contribution >= 0.6 is 0 Å². The zero-order valence-electron chi connectivity index (χ0n) is 15.7. The maximum absolute atomic E-state index is 12.1. The van der Waals surface area contributed by atoms with Crippen LogP contribution in [-0.2, 0) is 9.47 Å². The Bertz CT molecular complexity index is 675. The molecule has 0 bridgehead atoms. The summed E-state index contributed by atoms with van der Waals surface area (Å²) < 4.78 is 10.2. The summed E-state index contributed by atoms with van der Waals surface area (Å²) in [4.78, 5) is 25.7. The summed E-state index contributed by atoms with van der Waals surface area (Å²) in [5.74, 6) is -0.322. The first-order valence-corrected chi connectivity index (χ1v) is 8.56. The van der Waals surface area contributed by atoms with Crippen molar-refractivity contribution in [1.29, 1.82) is 0 Å². The van der Waals surface area contributed by atoms with Gasteiger partial charge in [0.15, 0.2) is 0 Å². The van der Waals surface area contributed by atoms with Gasteiger partial charge in [-0.1, -0.05) is 23.8 Å². The Morgan fingerprint density at radius 1 is 1.16 bits per heavy atom. The molecule has 1 heterocycles. The molecule has 0 radical (unpaired) electrons. The fraction of sp³-hybridized carbons (Fsp3) is 0.500. The molecule has 5 nitrogen and oxygen atoms in total. The van der Waals surface area contributed by atoms with E-state index in [1.165, 1.54) is 12.7 Å². The Morgan fingerprint density at radius 3 is 2.36 bits per heavy atom. The summed E-state index contributed by atoms with van der Waals surface area (Å²) >= 11 is 0. The third kappa shape index (κ3) is 5.34. The van der Waals surface area contributed by atoms with Gasteiger partial charge in [0.1, 0.15) is 5.60 Å². The highest BCUT2D eigenvalue weighted by atomic mass is 16.6. The van der Waals surface area contributed by atoms with Crippen molar-refractivity contribution in [2.24, 2.45) is 0 Å². The predicted octanol–water partition coefficient (Wildman–Crippen LogP) is 4.20. The number of methoxy groups -OCH3 is 1. The maximum Gasteiger partial charge on any atom is 0.410 e.